The number of rotatable bonds is 5. The first kappa shape index (κ1) is 11.7. The predicted molar refractivity (Wildman–Crippen MR) is 60.9 cm³/mol. The molecule has 0 radical (unpaired) electrons. The van der Waals surface area contributed by atoms with E-state index in [0.29, 0.717) is 12.0 Å². The summed E-state index contributed by atoms with van der Waals surface area (Å²) in [7, 11) is 0. The Labute approximate surface area is 99.2 Å². The number of hydrogen-bond acceptors (Lipinski definition) is 3. The van der Waals surface area contributed by atoms with E-state index in [9.17, 15) is 9.18 Å². The highest BCUT2D eigenvalue weighted by Crippen LogP contribution is 2.38. The molecule has 0 unspecified atom stereocenters. The van der Waals surface area contributed by atoms with Crippen molar-refractivity contribution in [3.05, 3.63) is 35.6 Å². The molecule has 3 nitrogen and oxygen atoms in total. The van der Waals surface area contributed by atoms with Crippen LogP contribution in [-0.4, -0.2) is 17.9 Å². The van der Waals surface area contributed by atoms with Crippen molar-refractivity contribution in [1.29, 1.82) is 5.26 Å². The summed E-state index contributed by atoms with van der Waals surface area (Å²) in [6.45, 7) is 0.158. The lowest BCUT2D eigenvalue weighted by Gasteiger charge is -2.12. The molecular formula is C13H13FN2O. The van der Waals surface area contributed by atoms with Gasteiger partial charge in [-0.2, -0.15) is 5.26 Å². The van der Waals surface area contributed by atoms with Gasteiger partial charge in [0, 0.05) is 11.1 Å². The SMILES string of the molecule is N#CCC1(NCC(=O)c2cccc(F)c2)CC1. The lowest BCUT2D eigenvalue weighted by Crippen LogP contribution is -2.35. The van der Waals surface area contributed by atoms with Crippen molar-refractivity contribution >= 4 is 5.78 Å². The number of carbonyl (C=O) groups excluding carboxylic acids is 1. The molecule has 0 aliphatic heterocycles. The lowest BCUT2D eigenvalue weighted by atomic mass is 10.1. The van der Waals surface area contributed by atoms with Gasteiger partial charge in [-0.15, -0.1) is 0 Å². The average Bonchev–Trinajstić information content (AvgIpc) is 3.07. The van der Waals surface area contributed by atoms with Crippen LogP contribution in [0.25, 0.3) is 0 Å². The van der Waals surface area contributed by atoms with E-state index >= 15 is 0 Å². The highest BCUT2D eigenvalue weighted by atomic mass is 19.1. The van der Waals surface area contributed by atoms with Crippen molar-refractivity contribution in [2.75, 3.05) is 6.54 Å². The molecule has 0 bridgehead atoms. The van der Waals surface area contributed by atoms with Crippen LogP contribution in [0.4, 0.5) is 4.39 Å². The van der Waals surface area contributed by atoms with Crippen molar-refractivity contribution in [2.24, 2.45) is 0 Å². The minimum atomic E-state index is -0.408. The summed E-state index contributed by atoms with van der Waals surface area (Å²) in [5.74, 6) is -0.553. The maximum Gasteiger partial charge on any atom is 0.176 e. The van der Waals surface area contributed by atoms with Crippen LogP contribution in [0, 0.1) is 17.1 Å². The molecule has 1 fully saturated rings. The summed E-state index contributed by atoms with van der Waals surface area (Å²) < 4.78 is 12.9. The van der Waals surface area contributed by atoms with Gasteiger partial charge in [0.25, 0.3) is 0 Å². The number of benzene rings is 1. The van der Waals surface area contributed by atoms with E-state index in [1.54, 1.807) is 6.07 Å². The first-order chi connectivity index (χ1) is 8.15. The molecule has 0 atom stereocenters. The summed E-state index contributed by atoms with van der Waals surface area (Å²) in [5.41, 5.74) is 0.197. The van der Waals surface area contributed by atoms with Crippen molar-refractivity contribution in [3.8, 4) is 6.07 Å². The van der Waals surface area contributed by atoms with Gasteiger partial charge < -0.3 is 5.32 Å². The Morgan fingerprint density at radius 3 is 2.88 bits per heavy atom. The topological polar surface area (TPSA) is 52.9 Å². The van der Waals surface area contributed by atoms with Gasteiger partial charge in [0.1, 0.15) is 5.82 Å². The van der Waals surface area contributed by atoms with E-state index in [-0.39, 0.29) is 17.9 Å². The number of ketones is 1. The highest BCUT2D eigenvalue weighted by molar-refractivity contribution is 5.97. The molecule has 2 rings (SSSR count). The molecule has 1 aliphatic rings. The fourth-order valence-corrected chi connectivity index (χ4v) is 1.75. The van der Waals surface area contributed by atoms with Gasteiger partial charge in [0.15, 0.2) is 5.78 Å². The van der Waals surface area contributed by atoms with Gasteiger partial charge in [-0.25, -0.2) is 4.39 Å². The van der Waals surface area contributed by atoms with Gasteiger partial charge in [0.05, 0.1) is 19.0 Å². The standard InChI is InChI=1S/C13H13FN2O/c14-11-3-1-2-10(8-11)12(17)9-16-13(4-5-13)6-7-15/h1-3,8,16H,4-6,9H2. The Morgan fingerprint density at radius 1 is 1.53 bits per heavy atom. The first-order valence-corrected chi connectivity index (χ1v) is 5.56. The number of hydrogen-bond donors (Lipinski definition) is 1. The van der Waals surface area contributed by atoms with Gasteiger partial charge in [0.2, 0.25) is 0 Å². The fourth-order valence-electron chi connectivity index (χ4n) is 1.75. The van der Waals surface area contributed by atoms with Crippen LogP contribution < -0.4 is 5.32 Å². The number of halogens is 1. The van der Waals surface area contributed by atoms with Crippen LogP contribution in [0.1, 0.15) is 29.6 Å². The van der Waals surface area contributed by atoms with E-state index in [4.69, 9.17) is 5.26 Å². The third-order valence-electron chi connectivity index (χ3n) is 3.04. The number of nitrogens with one attached hydrogen (secondary N) is 1. The predicted octanol–water partition coefficient (Wildman–Crippen LogP) is 2.04. The molecule has 0 spiro atoms. The summed E-state index contributed by atoms with van der Waals surface area (Å²) in [6, 6.07) is 7.76. The third-order valence-corrected chi connectivity index (χ3v) is 3.04. The summed E-state index contributed by atoms with van der Waals surface area (Å²) in [4.78, 5) is 11.8. The van der Waals surface area contributed by atoms with Crippen LogP contribution in [-0.2, 0) is 0 Å². The maximum atomic E-state index is 12.9. The van der Waals surface area contributed by atoms with Crippen molar-refractivity contribution < 1.29 is 9.18 Å². The molecule has 0 heterocycles. The van der Waals surface area contributed by atoms with Gasteiger partial charge in [-0.3, -0.25) is 4.79 Å². The molecule has 0 saturated heterocycles. The summed E-state index contributed by atoms with van der Waals surface area (Å²) in [5, 5.41) is 11.7. The smallest absolute Gasteiger partial charge is 0.176 e. The Morgan fingerprint density at radius 2 is 2.29 bits per heavy atom. The minimum Gasteiger partial charge on any atom is -0.303 e. The molecular weight excluding hydrogens is 219 g/mol. The maximum absolute atomic E-state index is 12.9. The van der Waals surface area contributed by atoms with E-state index in [0.717, 1.165) is 12.8 Å². The van der Waals surface area contributed by atoms with Gasteiger partial charge >= 0.3 is 0 Å². The molecule has 1 aromatic rings. The zero-order valence-electron chi connectivity index (χ0n) is 9.37. The van der Waals surface area contributed by atoms with Crippen LogP contribution in [0.15, 0.2) is 24.3 Å². The van der Waals surface area contributed by atoms with E-state index in [2.05, 4.69) is 11.4 Å². The number of Topliss-reactive ketones (excluding diaryl/α,β-unsaturated/α-hetero) is 1. The lowest BCUT2D eigenvalue weighted by molar-refractivity contribution is 0.0985. The average molecular weight is 232 g/mol. The second-order valence-electron chi connectivity index (χ2n) is 4.40. The van der Waals surface area contributed by atoms with E-state index in [1.807, 2.05) is 0 Å². The zero-order valence-corrected chi connectivity index (χ0v) is 9.37. The summed E-state index contributed by atoms with van der Waals surface area (Å²) in [6.07, 6.45) is 2.28. The minimum absolute atomic E-state index is 0.145. The number of carbonyl (C=O) groups is 1. The normalized spacial score (nSPS) is 16.2. The Bertz CT molecular complexity index is 475. The second kappa shape index (κ2) is 4.64. The van der Waals surface area contributed by atoms with Crippen LogP contribution in [0.3, 0.4) is 0 Å². The summed E-state index contributed by atoms with van der Waals surface area (Å²) >= 11 is 0. The van der Waals surface area contributed by atoms with Gasteiger partial charge in [-0.1, -0.05) is 12.1 Å². The quantitative estimate of drug-likeness (QED) is 0.790. The molecule has 88 valence electrons. The third kappa shape index (κ3) is 2.89. The van der Waals surface area contributed by atoms with Gasteiger partial charge in [-0.05, 0) is 25.0 Å². The van der Waals surface area contributed by atoms with Crippen molar-refractivity contribution in [2.45, 2.75) is 24.8 Å². The first-order valence-electron chi connectivity index (χ1n) is 5.56. The Balaban J connectivity index is 1.92. The molecule has 1 aromatic carbocycles. The van der Waals surface area contributed by atoms with Crippen LogP contribution >= 0.6 is 0 Å². The van der Waals surface area contributed by atoms with Crippen LogP contribution in [0.5, 0.6) is 0 Å². The zero-order chi connectivity index (χ0) is 12.3. The van der Waals surface area contributed by atoms with E-state index < -0.39 is 5.82 Å². The van der Waals surface area contributed by atoms with E-state index in [1.165, 1.54) is 18.2 Å². The highest BCUT2D eigenvalue weighted by Gasteiger charge is 2.42. The van der Waals surface area contributed by atoms with Crippen molar-refractivity contribution in [3.63, 3.8) is 0 Å². The molecule has 1 N–H and O–H groups in total. The molecule has 0 amide bonds. The molecule has 4 heteroatoms. The van der Waals surface area contributed by atoms with Crippen molar-refractivity contribution in [1.82, 2.24) is 5.32 Å². The Kier molecular flexibility index (Phi) is 3.21. The fraction of sp³-hybridized carbons (Fsp3) is 0.385. The molecule has 1 aliphatic carbocycles. The molecule has 1 saturated carbocycles. The van der Waals surface area contributed by atoms with Crippen LogP contribution in [0.2, 0.25) is 0 Å². The number of nitriles is 1. The largest absolute Gasteiger partial charge is 0.303 e. The monoisotopic (exact) mass is 232 g/mol. The second-order valence-corrected chi connectivity index (χ2v) is 4.40. The Hall–Kier alpha value is -1.73. The molecule has 17 heavy (non-hydrogen) atoms. The number of nitrogens with zero attached hydrogens (tertiary/aromatic N) is 1. The molecule has 0 aromatic heterocycles.